The molecule has 1 N–H and O–H groups in total. The number of allylic oxidation sites excluding steroid dienone is 2. The number of hydrogen-bond acceptors (Lipinski definition) is 5. The first-order valence-electron chi connectivity index (χ1n) is 15.3. The predicted octanol–water partition coefficient (Wildman–Crippen LogP) is 6.49. The third-order valence-electron chi connectivity index (χ3n) is 10.6. The number of halogens is 2. The van der Waals surface area contributed by atoms with Crippen LogP contribution in [0.2, 0.25) is 5.02 Å². The summed E-state index contributed by atoms with van der Waals surface area (Å²) in [6.07, 6.45) is 3.35. The van der Waals surface area contributed by atoms with Crippen LogP contribution < -0.4 is 9.80 Å². The Hall–Kier alpha value is -4.30. The average Bonchev–Trinajstić information content (AvgIpc) is 3.39. The molecule has 2 heterocycles. The largest absolute Gasteiger partial charge is 0.508 e. The lowest BCUT2D eigenvalue weighted by Crippen LogP contribution is -2.48. The molecule has 4 amide bonds. The summed E-state index contributed by atoms with van der Waals surface area (Å²) in [4.78, 5) is 59.1. The van der Waals surface area contributed by atoms with Gasteiger partial charge in [-0.25, -0.2) is 9.29 Å². The number of rotatable bonds is 4. The van der Waals surface area contributed by atoms with Crippen molar-refractivity contribution in [2.24, 2.45) is 29.1 Å². The number of carbonyl (C=O) groups excluding carboxylic acids is 4. The second-order valence-corrected chi connectivity index (χ2v) is 13.2. The molecule has 9 heteroatoms. The van der Waals surface area contributed by atoms with Crippen molar-refractivity contribution in [2.75, 3.05) is 9.80 Å². The highest BCUT2D eigenvalue weighted by molar-refractivity contribution is 6.32. The standard InChI is InChI=1S/C36H32ClFN2O5/c1-4-19-5-8-21(9-6-19)39-32(42)24-12-11-23-25(30(24)34(39)44)17-26-33(43)40(22-10-13-28(38)27(37)16-22)35(45)36(26,3)31(23)20-7-14-29(41)18(2)15-20/h5-11,13-16,24-26,30-31,41H,4,12,17H2,1-3H3/t24-,25+,26-,30-,31-,36+/m0/s1. The molecule has 7 rings (SSSR count). The summed E-state index contributed by atoms with van der Waals surface area (Å²) in [5.41, 5.74) is 2.73. The number of hydrogen-bond donors (Lipinski definition) is 1. The molecule has 3 fully saturated rings. The van der Waals surface area contributed by atoms with E-state index in [-0.39, 0.29) is 34.7 Å². The van der Waals surface area contributed by atoms with E-state index in [1.54, 1.807) is 38.1 Å². The third-order valence-corrected chi connectivity index (χ3v) is 10.9. The topological polar surface area (TPSA) is 95.0 Å². The number of carbonyl (C=O) groups is 4. The van der Waals surface area contributed by atoms with Gasteiger partial charge in [0.25, 0.3) is 0 Å². The van der Waals surface area contributed by atoms with Crippen LogP contribution in [-0.4, -0.2) is 28.7 Å². The van der Waals surface area contributed by atoms with E-state index in [2.05, 4.69) is 0 Å². The maximum atomic E-state index is 14.5. The van der Waals surface area contributed by atoms with Crippen LogP contribution in [0.15, 0.2) is 72.3 Å². The lowest BCUT2D eigenvalue weighted by molar-refractivity contribution is -0.131. The summed E-state index contributed by atoms with van der Waals surface area (Å²) in [5, 5.41) is 10.1. The Balaban J connectivity index is 1.35. The minimum atomic E-state index is -1.25. The summed E-state index contributed by atoms with van der Waals surface area (Å²) in [6.45, 7) is 5.58. The first-order valence-corrected chi connectivity index (χ1v) is 15.6. The van der Waals surface area contributed by atoms with Gasteiger partial charge >= 0.3 is 0 Å². The number of phenolic OH excluding ortho intramolecular Hbond substituents is 1. The van der Waals surface area contributed by atoms with Crippen LogP contribution in [0.4, 0.5) is 15.8 Å². The van der Waals surface area contributed by atoms with E-state index in [1.807, 2.05) is 31.2 Å². The summed E-state index contributed by atoms with van der Waals surface area (Å²) >= 11 is 6.07. The van der Waals surface area contributed by atoms with E-state index in [0.29, 0.717) is 17.7 Å². The number of aromatic hydroxyl groups is 1. The predicted molar refractivity (Wildman–Crippen MR) is 167 cm³/mol. The van der Waals surface area contributed by atoms with Gasteiger partial charge in [-0.15, -0.1) is 0 Å². The average molecular weight is 627 g/mol. The first-order chi connectivity index (χ1) is 21.5. The van der Waals surface area contributed by atoms with Crippen molar-refractivity contribution in [1.82, 2.24) is 0 Å². The fourth-order valence-corrected chi connectivity index (χ4v) is 8.43. The molecule has 2 aliphatic carbocycles. The van der Waals surface area contributed by atoms with Crippen LogP contribution in [0.5, 0.6) is 5.75 Å². The Bertz CT molecular complexity index is 1840. The van der Waals surface area contributed by atoms with Gasteiger partial charge in [-0.3, -0.25) is 24.1 Å². The smallest absolute Gasteiger partial charge is 0.241 e. The molecule has 1 saturated carbocycles. The Kier molecular flexibility index (Phi) is 6.78. The molecule has 0 aromatic heterocycles. The first kappa shape index (κ1) is 29.4. The summed E-state index contributed by atoms with van der Waals surface area (Å²) in [7, 11) is 0. The van der Waals surface area contributed by atoms with Crippen molar-refractivity contribution in [3.8, 4) is 5.75 Å². The van der Waals surface area contributed by atoms with Crippen molar-refractivity contribution in [3.63, 3.8) is 0 Å². The zero-order valence-electron chi connectivity index (χ0n) is 25.1. The Morgan fingerprint density at radius 1 is 0.911 bits per heavy atom. The number of fused-ring (bicyclic) bond motifs is 4. The lowest BCUT2D eigenvalue weighted by atomic mass is 9.51. The monoisotopic (exact) mass is 626 g/mol. The van der Waals surface area contributed by atoms with Crippen LogP contribution in [0.3, 0.4) is 0 Å². The van der Waals surface area contributed by atoms with Crippen LogP contribution in [0.25, 0.3) is 0 Å². The van der Waals surface area contributed by atoms with Gasteiger partial charge in [-0.05, 0) is 92.1 Å². The minimum absolute atomic E-state index is 0.100. The van der Waals surface area contributed by atoms with Gasteiger partial charge in [0.05, 0.1) is 39.6 Å². The molecular formula is C36H32ClFN2O5. The molecule has 45 heavy (non-hydrogen) atoms. The normalized spacial score (nSPS) is 29.1. The summed E-state index contributed by atoms with van der Waals surface area (Å²) < 4.78 is 14.1. The lowest BCUT2D eigenvalue weighted by Gasteiger charge is -2.49. The van der Waals surface area contributed by atoms with Gasteiger partial charge in [-0.1, -0.05) is 54.4 Å². The van der Waals surface area contributed by atoms with Crippen molar-refractivity contribution < 1.29 is 28.7 Å². The van der Waals surface area contributed by atoms with E-state index in [9.17, 15) is 28.7 Å². The summed E-state index contributed by atoms with van der Waals surface area (Å²) in [5.74, 6) is -5.18. The summed E-state index contributed by atoms with van der Waals surface area (Å²) in [6, 6.07) is 16.3. The zero-order valence-corrected chi connectivity index (χ0v) is 25.8. The number of aryl methyl sites for hydroxylation is 2. The Morgan fingerprint density at radius 3 is 2.29 bits per heavy atom. The van der Waals surface area contributed by atoms with Crippen molar-refractivity contribution in [2.45, 2.75) is 46.0 Å². The molecule has 0 radical (unpaired) electrons. The molecule has 4 aliphatic rings. The van der Waals surface area contributed by atoms with E-state index in [0.717, 1.165) is 34.1 Å². The second-order valence-electron chi connectivity index (χ2n) is 12.8. The maximum Gasteiger partial charge on any atom is 0.241 e. The maximum absolute atomic E-state index is 14.5. The highest BCUT2D eigenvalue weighted by Crippen LogP contribution is 2.64. The van der Waals surface area contributed by atoms with Crippen LogP contribution in [0, 0.1) is 41.8 Å². The number of nitrogens with zero attached hydrogens (tertiary/aromatic N) is 2. The van der Waals surface area contributed by atoms with Crippen LogP contribution >= 0.6 is 11.6 Å². The fourth-order valence-electron chi connectivity index (χ4n) is 8.26. The van der Waals surface area contributed by atoms with Crippen molar-refractivity contribution >= 4 is 46.6 Å². The highest BCUT2D eigenvalue weighted by Gasteiger charge is 2.67. The number of phenols is 1. The third kappa shape index (κ3) is 4.14. The van der Waals surface area contributed by atoms with Gasteiger partial charge in [-0.2, -0.15) is 0 Å². The van der Waals surface area contributed by atoms with Gasteiger partial charge in [0.15, 0.2) is 0 Å². The quantitative estimate of drug-likeness (QED) is 0.264. The molecule has 7 nitrogen and oxygen atoms in total. The zero-order chi connectivity index (χ0) is 31.9. The molecular weight excluding hydrogens is 595 g/mol. The molecule has 2 saturated heterocycles. The van der Waals surface area contributed by atoms with E-state index < -0.39 is 52.6 Å². The molecule has 6 atom stereocenters. The number of amides is 4. The molecule has 3 aromatic carbocycles. The van der Waals surface area contributed by atoms with Crippen molar-refractivity contribution in [1.29, 1.82) is 0 Å². The van der Waals surface area contributed by atoms with Gasteiger partial charge < -0.3 is 5.11 Å². The fraction of sp³-hybridized carbons (Fsp3) is 0.333. The number of anilines is 2. The minimum Gasteiger partial charge on any atom is -0.508 e. The Morgan fingerprint density at radius 2 is 1.62 bits per heavy atom. The van der Waals surface area contributed by atoms with Gasteiger partial charge in [0, 0.05) is 5.92 Å². The van der Waals surface area contributed by atoms with Crippen LogP contribution in [-0.2, 0) is 25.6 Å². The van der Waals surface area contributed by atoms with E-state index >= 15 is 0 Å². The highest BCUT2D eigenvalue weighted by atomic mass is 35.5. The molecule has 0 bridgehead atoms. The van der Waals surface area contributed by atoms with E-state index in [4.69, 9.17) is 11.6 Å². The number of imide groups is 2. The molecule has 230 valence electrons. The van der Waals surface area contributed by atoms with Crippen LogP contribution in [0.1, 0.15) is 49.3 Å². The van der Waals surface area contributed by atoms with Crippen molar-refractivity contribution in [3.05, 3.63) is 99.8 Å². The second kappa shape index (κ2) is 10.4. The Labute approximate surface area is 265 Å². The molecule has 2 aliphatic heterocycles. The SMILES string of the molecule is CCc1ccc(N2C(=O)[C@H]3[C@H](CC=C4[C@H]3C[C@H]3C(=O)N(c5ccc(F)c(Cl)c5)C(=O)[C@@]3(C)[C@H]4c3ccc(O)c(C)c3)C2=O)cc1. The number of benzene rings is 3. The van der Waals surface area contributed by atoms with E-state index in [1.165, 1.54) is 17.0 Å². The van der Waals surface area contributed by atoms with Gasteiger partial charge in [0.2, 0.25) is 23.6 Å². The molecule has 3 aromatic rings. The van der Waals surface area contributed by atoms with Gasteiger partial charge in [0.1, 0.15) is 11.6 Å². The molecule has 0 unspecified atom stereocenters. The molecule has 0 spiro atoms.